The van der Waals surface area contributed by atoms with Gasteiger partial charge in [0.25, 0.3) is 0 Å². The molecule has 142 valence electrons. The lowest BCUT2D eigenvalue weighted by atomic mass is 10.2. The van der Waals surface area contributed by atoms with Crippen molar-refractivity contribution >= 4 is 17.8 Å². The second kappa shape index (κ2) is 9.23. The number of nitrogens with zero attached hydrogens (tertiary/aromatic N) is 3. The molecule has 27 heavy (non-hydrogen) atoms. The number of carbonyl (C=O) groups is 1. The minimum atomic E-state index is -0.945. The molecule has 1 aliphatic heterocycles. The fourth-order valence-electron chi connectivity index (χ4n) is 2.96. The predicted molar refractivity (Wildman–Crippen MR) is 102 cm³/mol. The highest BCUT2D eigenvalue weighted by molar-refractivity contribution is 5.82. The van der Waals surface area contributed by atoms with E-state index in [0.29, 0.717) is 18.5 Å². The number of hydrogen-bond acceptors (Lipinski definition) is 4. The summed E-state index contributed by atoms with van der Waals surface area (Å²) < 4.78 is 25.9. The molecule has 2 aromatic carbocycles. The maximum atomic E-state index is 13.1. The number of para-hydroxylation sites is 1. The third kappa shape index (κ3) is 5.59. The van der Waals surface area contributed by atoms with Gasteiger partial charge in [-0.1, -0.05) is 24.3 Å². The summed E-state index contributed by atoms with van der Waals surface area (Å²) in [5.41, 5.74) is 4.02. The molecular weight excluding hydrogens is 350 g/mol. The van der Waals surface area contributed by atoms with Gasteiger partial charge in [-0.25, -0.2) is 14.2 Å². The summed E-state index contributed by atoms with van der Waals surface area (Å²) in [5.74, 6) is -2.07. The van der Waals surface area contributed by atoms with Gasteiger partial charge in [-0.3, -0.25) is 9.69 Å². The lowest BCUT2D eigenvalue weighted by Crippen LogP contribution is -2.47. The maximum Gasteiger partial charge on any atom is 0.241 e. The molecule has 1 aliphatic rings. The van der Waals surface area contributed by atoms with Crippen LogP contribution >= 0.6 is 0 Å². The molecule has 0 bridgehead atoms. The Labute approximate surface area is 157 Å². The van der Waals surface area contributed by atoms with E-state index in [-0.39, 0.29) is 5.91 Å². The van der Waals surface area contributed by atoms with E-state index in [9.17, 15) is 13.6 Å². The standard InChI is InChI=1S/C20H22F2N4O/c21-18-7-6-16(14-19(18)22)15-23-24-20(27)8-9-25-10-12-26(13-11-25)17-4-2-1-3-5-17/h1-7,14-15H,8-13H2,(H,24,27)/b23-15+. The lowest BCUT2D eigenvalue weighted by molar-refractivity contribution is -0.121. The number of hydrazone groups is 1. The predicted octanol–water partition coefficient (Wildman–Crippen LogP) is 2.63. The van der Waals surface area contributed by atoms with E-state index in [1.807, 2.05) is 18.2 Å². The van der Waals surface area contributed by atoms with Crippen LogP contribution in [0.4, 0.5) is 14.5 Å². The van der Waals surface area contributed by atoms with Gasteiger partial charge in [0.2, 0.25) is 5.91 Å². The summed E-state index contributed by atoms with van der Waals surface area (Å²) in [6.45, 7) is 4.33. The highest BCUT2D eigenvalue weighted by Crippen LogP contribution is 2.15. The van der Waals surface area contributed by atoms with Gasteiger partial charge in [0, 0.05) is 44.8 Å². The first-order valence-electron chi connectivity index (χ1n) is 8.91. The number of benzene rings is 2. The van der Waals surface area contributed by atoms with Crippen molar-refractivity contribution in [2.24, 2.45) is 5.10 Å². The molecule has 3 rings (SSSR count). The van der Waals surface area contributed by atoms with E-state index in [4.69, 9.17) is 0 Å². The second-order valence-corrected chi connectivity index (χ2v) is 6.38. The number of hydrogen-bond donors (Lipinski definition) is 1. The fourth-order valence-corrected chi connectivity index (χ4v) is 2.96. The van der Waals surface area contributed by atoms with Crippen molar-refractivity contribution in [1.82, 2.24) is 10.3 Å². The third-order valence-corrected chi connectivity index (χ3v) is 4.50. The van der Waals surface area contributed by atoms with Gasteiger partial charge >= 0.3 is 0 Å². The van der Waals surface area contributed by atoms with Crippen LogP contribution in [-0.4, -0.2) is 49.7 Å². The number of anilines is 1. The van der Waals surface area contributed by atoms with Crippen molar-refractivity contribution in [2.45, 2.75) is 6.42 Å². The van der Waals surface area contributed by atoms with Gasteiger partial charge in [-0.05, 0) is 29.8 Å². The molecule has 5 nitrogen and oxygen atoms in total. The van der Waals surface area contributed by atoms with Gasteiger partial charge in [-0.15, -0.1) is 0 Å². The Kier molecular flexibility index (Phi) is 6.49. The summed E-state index contributed by atoms with van der Waals surface area (Å²) in [6.07, 6.45) is 1.62. The topological polar surface area (TPSA) is 47.9 Å². The molecule has 0 aliphatic carbocycles. The van der Waals surface area contributed by atoms with Gasteiger partial charge in [0.05, 0.1) is 6.21 Å². The fraction of sp³-hybridized carbons (Fsp3) is 0.300. The summed E-state index contributed by atoms with van der Waals surface area (Å²) in [6, 6.07) is 13.7. The molecule has 1 fully saturated rings. The maximum absolute atomic E-state index is 13.1. The zero-order chi connectivity index (χ0) is 19.1. The number of halogens is 2. The monoisotopic (exact) mass is 372 g/mol. The van der Waals surface area contributed by atoms with Gasteiger partial charge in [0.15, 0.2) is 11.6 Å². The zero-order valence-corrected chi connectivity index (χ0v) is 14.9. The van der Waals surface area contributed by atoms with Crippen LogP contribution in [0.3, 0.4) is 0 Å². The Morgan fingerprint density at radius 2 is 1.78 bits per heavy atom. The minimum absolute atomic E-state index is 0.209. The molecule has 0 radical (unpaired) electrons. The number of rotatable bonds is 6. The molecule has 1 heterocycles. The molecule has 0 atom stereocenters. The minimum Gasteiger partial charge on any atom is -0.369 e. The highest BCUT2D eigenvalue weighted by Gasteiger charge is 2.17. The molecule has 2 aromatic rings. The number of carbonyl (C=O) groups excluding carboxylic acids is 1. The second-order valence-electron chi connectivity index (χ2n) is 6.38. The summed E-state index contributed by atoms with van der Waals surface area (Å²) in [7, 11) is 0. The van der Waals surface area contributed by atoms with Crippen LogP contribution in [0.1, 0.15) is 12.0 Å². The van der Waals surface area contributed by atoms with Crippen LogP contribution in [0.5, 0.6) is 0 Å². The molecular formula is C20H22F2N4O. The molecule has 0 spiro atoms. The normalized spacial score (nSPS) is 15.3. The summed E-state index contributed by atoms with van der Waals surface area (Å²) in [4.78, 5) is 16.5. The summed E-state index contributed by atoms with van der Waals surface area (Å²) in [5, 5.41) is 3.79. The van der Waals surface area contributed by atoms with Gasteiger partial charge in [0.1, 0.15) is 0 Å². The Balaban J connectivity index is 1.37. The molecule has 1 amide bonds. The van der Waals surface area contributed by atoms with Crippen LogP contribution < -0.4 is 10.3 Å². The molecule has 1 N–H and O–H groups in total. The van der Waals surface area contributed by atoms with E-state index >= 15 is 0 Å². The van der Waals surface area contributed by atoms with Crippen molar-refractivity contribution in [1.29, 1.82) is 0 Å². The van der Waals surface area contributed by atoms with E-state index in [2.05, 4.69) is 32.5 Å². The van der Waals surface area contributed by atoms with Crippen LogP contribution in [0.2, 0.25) is 0 Å². The average Bonchev–Trinajstić information content (AvgIpc) is 2.70. The smallest absolute Gasteiger partial charge is 0.241 e. The molecule has 1 saturated heterocycles. The SMILES string of the molecule is O=C(CCN1CCN(c2ccccc2)CC1)N/N=C/c1ccc(F)c(F)c1. The van der Waals surface area contributed by atoms with Crippen molar-refractivity contribution in [2.75, 3.05) is 37.6 Å². The van der Waals surface area contributed by atoms with Crippen LogP contribution in [0.15, 0.2) is 53.6 Å². The van der Waals surface area contributed by atoms with Crippen molar-refractivity contribution in [3.63, 3.8) is 0 Å². The average molecular weight is 372 g/mol. The van der Waals surface area contributed by atoms with Crippen molar-refractivity contribution < 1.29 is 13.6 Å². The van der Waals surface area contributed by atoms with Crippen LogP contribution in [0.25, 0.3) is 0 Å². The third-order valence-electron chi connectivity index (χ3n) is 4.50. The quantitative estimate of drug-likeness (QED) is 0.626. The molecule has 0 aromatic heterocycles. The van der Waals surface area contributed by atoms with Gasteiger partial charge in [-0.2, -0.15) is 5.10 Å². The van der Waals surface area contributed by atoms with E-state index in [0.717, 1.165) is 38.3 Å². The first-order chi connectivity index (χ1) is 13.1. The number of nitrogens with one attached hydrogen (secondary N) is 1. The molecule has 0 saturated carbocycles. The Bertz CT molecular complexity index is 790. The van der Waals surface area contributed by atoms with Crippen LogP contribution in [0, 0.1) is 11.6 Å². The Morgan fingerprint density at radius 3 is 2.48 bits per heavy atom. The Morgan fingerprint density at radius 1 is 1.04 bits per heavy atom. The lowest BCUT2D eigenvalue weighted by Gasteiger charge is -2.36. The first kappa shape index (κ1) is 19.0. The van der Waals surface area contributed by atoms with E-state index in [1.54, 1.807) is 0 Å². The number of piperazine rings is 1. The first-order valence-corrected chi connectivity index (χ1v) is 8.91. The van der Waals surface area contributed by atoms with E-state index in [1.165, 1.54) is 18.0 Å². The summed E-state index contributed by atoms with van der Waals surface area (Å²) >= 11 is 0. The van der Waals surface area contributed by atoms with Crippen LogP contribution in [-0.2, 0) is 4.79 Å². The number of amides is 1. The van der Waals surface area contributed by atoms with Crippen molar-refractivity contribution in [3.8, 4) is 0 Å². The Hall–Kier alpha value is -2.80. The zero-order valence-electron chi connectivity index (χ0n) is 14.9. The molecule has 7 heteroatoms. The largest absolute Gasteiger partial charge is 0.369 e. The highest BCUT2D eigenvalue weighted by atomic mass is 19.2. The molecule has 0 unspecified atom stereocenters. The van der Waals surface area contributed by atoms with E-state index < -0.39 is 11.6 Å². The van der Waals surface area contributed by atoms with Crippen molar-refractivity contribution in [3.05, 3.63) is 65.7 Å². The van der Waals surface area contributed by atoms with Gasteiger partial charge < -0.3 is 4.90 Å².